The molecule has 0 heterocycles. The van der Waals surface area contributed by atoms with E-state index in [0.29, 0.717) is 16.3 Å². The Morgan fingerprint density at radius 3 is 2.40 bits per heavy atom. The number of rotatable bonds is 7. The van der Waals surface area contributed by atoms with Crippen LogP contribution in [-0.2, 0) is 21.2 Å². The minimum atomic E-state index is -3.55. The molecule has 0 bridgehead atoms. The Morgan fingerprint density at radius 1 is 1.16 bits per heavy atom. The highest BCUT2D eigenvalue weighted by Gasteiger charge is 2.19. The van der Waals surface area contributed by atoms with Crippen LogP contribution in [0.3, 0.4) is 0 Å². The molecule has 0 radical (unpaired) electrons. The van der Waals surface area contributed by atoms with Gasteiger partial charge in [-0.05, 0) is 29.8 Å². The van der Waals surface area contributed by atoms with Crippen molar-refractivity contribution in [3.05, 3.63) is 64.9 Å². The summed E-state index contributed by atoms with van der Waals surface area (Å²) in [6, 6.07) is 12.2. The second-order valence-electron chi connectivity index (χ2n) is 5.44. The van der Waals surface area contributed by atoms with Crippen LogP contribution < -0.4 is 9.62 Å². The maximum Gasteiger partial charge on any atom is 0.232 e. The van der Waals surface area contributed by atoms with E-state index < -0.39 is 10.0 Å². The van der Waals surface area contributed by atoms with Crippen molar-refractivity contribution in [1.29, 1.82) is 0 Å². The highest BCUT2D eigenvalue weighted by molar-refractivity contribution is 7.92. The Hall–Kier alpha value is -2.12. The molecule has 2 aromatic carbocycles. The second-order valence-corrected chi connectivity index (χ2v) is 7.75. The monoisotopic (exact) mass is 384 g/mol. The number of carbonyl (C=O) groups excluding carboxylic acids is 1. The zero-order valence-corrected chi connectivity index (χ0v) is 15.1. The first-order chi connectivity index (χ1) is 11.8. The van der Waals surface area contributed by atoms with Crippen LogP contribution in [0.1, 0.15) is 5.56 Å². The summed E-state index contributed by atoms with van der Waals surface area (Å²) in [6.45, 7) is 0.177. The minimum absolute atomic E-state index is 0.0533. The van der Waals surface area contributed by atoms with Crippen LogP contribution in [0, 0.1) is 5.82 Å². The van der Waals surface area contributed by atoms with E-state index in [1.807, 2.05) is 0 Å². The molecule has 0 aliphatic heterocycles. The number of para-hydroxylation sites is 1. The van der Waals surface area contributed by atoms with Gasteiger partial charge in [-0.3, -0.25) is 9.10 Å². The molecule has 0 aliphatic rings. The lowest BCUT2D eigenvalue weighted by atomic mass is 10.1. The predicted octanol–water partition coefficient (Wildman–Crippen LogP) is 2.60. The lowest BCUT2D eigenvalue weighted by Gasteiger charge is -2.23. The van der Waals surface area contributed by atoms with Crippen molar-refractivity contribution < 1.29 is 17.6 Å². The molecule has 0 saturated carbocycles. The highest BCUT2D eigenvalue weighted by Crippen LogP contribution is 2.26. The third-order valence-corrected chi connectivity index (χ3v) is 4.94. The summed E-state index contributed by atoms with van der Waals surface area (Å²) >= 11 is 6.06. The van der Waals surface area contributed by atoms with E-state index in [9.17, 15) is 17.6 Å². The van der Waals surface area contributed by atoms with Crippen LogP contribution in [0.15, 0.2) is 48.5 Å². The molecule has 0 spiro atoms. The number of nitrogens with zero attached hydrogens (tertiary/aromatic N) is 1. The molecule has 134 valence electrons. The van der Waals surface area contributed by atoms with Gasteiger partial charge < -0.3 is 5.32 Å². The standard InChI is InChI=1S/C17H18ClFN2O3S/c1-25(23,24)21(16-5-3-2-4-15(16)18)11-10-20-17(22)12-13-6-8-14(19)9-7-13/h2-9H,10-12H2,1H3,(H,20,22). The number of hydrogen-bond donors (Lipinski definition) is 1. The molecule has 25 heavy (non-hydrogen) atoms. The molecular formula is C17H18ClFN2O3S. The van der Waals surface area contributed by atoms with E-state index in [0.717, 1.165) is 10.6 Å². The van der Waals surface area contributed by atoms with Crippen molar-refractivity contribution in [2.75, 3.05) is 23.7 Å². The van der Waals surface area contributed by atoms with E-state index >= 15 is 0 Å². The van der Waals surface area contributed by atoms with E-state index in [4.69, 9.17) is 11.6 Å². The van der Waals surface area contributed by atoms with Crippen molar-refractivity contribution >= 4 is 33.2 Å². The van der Waals surface area contributed by atoms with Gasteiger partial charge in [0.2, 0.25) is 15.9 Å². The second kappa shape index (κ2) is 8.31. The first-order valence-electron chi connectivity index (χ1n) is 7.51. The molecule has 2 aromatic rings. The van der Waals surface area contributed by atoms with Crippen molar-refractivity contribution in [1.82, 2.24) is 5.32 Å². The smallest absolute Gasteiger partial charge is 0.232 e. The summed E-state index contributed by atoms with van der Waals surface area (Å²) in [5.41, 5.74) is 1.03. The van der Waals surface area contributed by atoms with Gasteiger partial charge in [0.15, 0.2) is 0 Å². The van der Waals surface area contributed by atoms with Gasteiger partial charge in [0.05, 0.1) is 29.9 Å². The van der Waals surface area contributed by atoms with Crippen LogP contribution in [0.5, 0.6) is 0 Å². The molecule has 1 N–H and O–H groups in total. The Kier molecular flexibility index (Phi) is 6.39. The number of nitrogens with one attached hydrogen (secondary N) is 1. The zero-order chi connectivity index (χ0) is 18.4. The summed E-state index contributed by atoms with van der Waals surface area (Å²) in [4.78, 5) is 11.9. The average molecular weight is 385 g/mol. The fraction of sp³-hybridized carbons (Fsp3) is 0.235. The van der Waals surface area contributed by atoms with Gasteiger partial charge in [0.25, 0.3) is 0 Å². The number of amides is 1. The Morgan fingerprint density at radius 2 is 1.80 bits per heavy atom. The zero-order valence-electron chi connectivity index (χ0n) is 13.6. The largest absolute Gasteiger partial charge is 0.354 e. The molecule has 0 aliphatic carbocycles. The number of sulfonamides is 1. The third kappa shape index (κ3) is 5.72. The lowest BCUT2D eigenvalue weighted by molar-refractivity contribution is -0.120. The Balaban J connectivity index is 1.96. The Labute approximate surface area is 151 Å². The Bertz CT molecular complexity index is 841. The van der Waals surface area contributed by atoms with E-state index in [1.54, 1.807) is 24.3 Å². The fourth-order valence-corrected chi connectivity index (χ4v) is 3.49. The van der Waals surface area contributed by atoms with Gasteiger partial charge in [-0.2, -0.15) is 0 Å². The number of hydrogen-bond acceptors (Lipinski definition) is 3. The molecule has 5 nitrogen and oxygen atoms in total. The number of halogens is 2. The summed E-state index contributed by atoms with van der Waals surface area (Å²) in [5, 5.41) is 2.97. The van der Waals surface area contributed by atoms with Gasteiger partial charge in [-0.15, -0.1) is 0 Å². The maximum absolute atomic E-state index is 12.8. The van der Waals surface area contributed by atoms with Gasteiger partial charge in [0.1, 0.15) is 5.82 Å². The quantitative estimate of drug-likeness (QED) is 0.798. The van der Waals surface area contributed by atoms with Crippen LogP contribution in [0.25, 0.3) is 0 Å². The van der Waals surface area contributed by atoms with Crippen LogP contribution in [-0.4, -0.2) is 33.7 Å². The van der Waals surface area contributed by atoms with E-state index in [2.05, 4.69) is 5.32 Å². The summed E-state index contributed by atoms with van der Waals surface area (Å²) < 4.78 is 38.0. The third-order valence-electron chi connectivity index (χ3n) is 3.44. The van der Waals surface area contributed by atoms with E-state index in [-0.39, 0.29) is 31.2 Å². The van der Waals surface area contributed by atoms with Gasteiger partial charge >= 0.3 is 0 Å². The summed E-state index contributed by atoms with van der Waals surface area (Å²) in [5.74, 6) is -0.646. The SMILES string of the molecule is CS(=O)(=O)N(CCNC(=O)Cc1ccc(F)cc1)c1ccccc1Cl. The van der Waals surface area contributed by atoms with Crippen molar-refractivity contribution in [3.8, 4) is 0 Å². The van der Waals surface area contributed by atoms with Crippen molar-refractivity contribution in [2.45, 2.75) is 6.42 Å². The molecule has 0 aromatic heterocycles. The minimum Gasteiger partial charge on any atom is -0.354 e. The van der Waals surface area contributed by atoms with Crippen molar-refractivity contribution in [3.63, 3.8) is 0 Å². The molecule has 0 unspecified atom stereocenters. The van der Waals surface area contributed by atoms with Crippen LogP contribution >= 0.6 is 11.6 Å². The highest BCUT2D eigenvalue weighted by atomic mass is 35.5. The lowest BCUT2D eigenvalue weighted by Crippen LogP contribution is -2.38. The molecule has 1 amide bonds. The van der Waals surface area contributed by atoms with Gasteiger partial charge in [-0.1, -0.05) is 35.9 Å². The van der Waals surface area contributed by atoms with E-state index in [1.165, 1.54) is 24.3 Å². The van der Waals surface area contributed by atoms with Crippen molar-refractivity contribution in [2.24, 2.45) is 0 Å². The molecular weight excluding hydrogens is 367 g/mol. The normalized spacial score (nSPS) is 11.2. The number of anilines is 1. The molecule has 0 saturated heterocycles. The number of carbonyl (C=O) groups is 1. The first-order valence-corrected chi connectivity index (χ1v) is 9.73. The predicted molar refractivity (Wildman–Crippen MR) is 96.8 cm³/mol. The molecule has 0 atom stereocenters. The van der Waals surface area contributed by atoms with Crippen LogP contribution in [0.2, 0.25) is 5.02 Å². The average Bonchev–Trinajstić information content (AvgIpc) is 2.54. The summed E-state index contributed by atoms with van der Waals surface area (Å²) in [6.07, 6.45) is 1.17. The molecule has 0 fully saturated rings. The fourth-order valence-electron chi connectivity index (χ4n) is 2.27. The molecule has 2 rings (SSSR count). The topological polar surface area (TPSA) is 66.5 Å². The van der Waals surface area contributed by atoms with Gasteiger partial charge in [-0.25, -0.2) is 12.8 Å². The van der Waals surface area contributed by atoms with Crippen LogP contribution in [0.4, 0.5) is 10.1 Å². The first kappa shape index (κ1) is 19.2. The van der Waals surface area contributed by atoms with Gasteiger partial charge in [0, 0.05) is 6.54 Å². The summed E-state index contributed by atoms with van der Waals surface area (Å²) in [7, 11) is -3.55. The maximum atomic E-state index is 12.8. The molecule has 8 heteroatoms. The number of benzene rings is 2.